The van der Waals surface area contributed by atoms with Crippen molar-refractivity contribution in [1.82, 2.24) is 0 Å². The number of rotatable bonds is 7. The van der Waals surface area contributed by atoms with E-state index in [2.05, 4.69) is 26.1 Å². The number of thioether (sulfide) groups is 1. The molecule has 0 aromatic heterocycles. The van der Waals surface area contributed by atoms with Gasteiger partial charge < -0.3 is 5.32 Å². The van der Waals surface area contributed by atoms with Gasteiger partial charge in [0.1, 0.15) is 16.9 Å². The quantitative estimate of drug-likeness (QED) is 0.384. The topological polar surface area (TPSA) is 70.0 Å². The summed E-state index contributed by atoms with van der Waals surface area (Å²) in [6, 6.07) is 23.6. The second-order valence-corrected chi connectivity index (χ2v) is 11.3. The lowest BCUT2D eigenvalue weighted by Crippen LogP contribution is -2.11. The van der Waals surface area contributed by atoms with Crippen LogP contribution in [0.2, 0.25) is 0 Å². The van der Waals surface area contributed by atoms with E-state index in [-0.39, 0.29) is 21.0 Å². The number of anilines is 1. The summed E-state index contributed by atoms with van der Waals surface area (Å²) in [5, 5.41) is 12.8. The third-order valence-corrected chi connectivity index (χ3v) is 7.88. The average molecular weight is 481 g/mol. The molecule has 0 radical (unpaired) electrons. The lowest BCUT2D eigenvalue weighted by Gasteiger charge is -2.19. The van der Waals surface area contributed by atoms with Crippen LogP contribution >= 0.6 is 11.8 Å². The van der Waals surface area contributed by atoms with Crippen molar-refractivity contribution >= 4 is 27.3 Å². The van der Waals surface area contributed by atoms with Crippen LogP contribution in [0, 0.1) is 17.1 Å². The van der Waals surface area contributed by atoms with E-state index in [1.54, 1.807) is 30.3 Å². The zero-order valence-corrected chi connectivity index (χ0v) is 20.3. The smallest absolute Gasteiger partial charge is 0.219 e. The van der Waals surface area contributed by atoms with E-state index in [0.29, 0.717) is 5.75 Å². The van der Waals surface area contributed by atoms with E-state index in [4.69, 9.17) is 0 Å². The van der Waals surface area contributed by atoms with Crippen LogP contribution in [-0.4, -0.2) is 8.42 Å². The number of para-hydroxylation sites is 1. The molecule has 0 fully saturated rings. The Hall–Kier alpha value is -3.08. The molecule has 170 valence electrons. The number of nitrogens with zero attached hydrogens (tertiary/aromatic N) is 1. The van der Waals surface area contributed by atoms with Gasteiger partial charge in [0.15, 0.2) is 4.91 Å². The van der Waals surface area contributed by atoms with Crippen LogP contribution in [-0.2, 0) is 21.0 Å². The number of halogens is 1. The van der Waals surface area contributed by atoms with Crippen LogP contribution in [0.1, 0.15) is 31.9 Å². The minimum Gasteiger partial charge on any atom is -0.346 e. The number of benzene rings is 3. The minimum absolute atomic E-state index is 0.00418. The Morgan fingerprint density at radius 3 is 2.15 bits per heavy atom. The number of allylic oxidation sites excluding steroid dienone is 1. The Bertz CT molecular complexity index is 1290. The maximum atomic E-state index is 14.3. The molecule has 3 aromatic carbocycles. The van der Waals surface area contributed by atoms with Gasteiger partial charge in [-0.3, -0.25) is 0 Å². The van der Waals surface area contributed by atoms with Crippen LogP contribution < -0.4 is 5.32 Å². The van der Waals surface area contributed by atoms with E-state index < -0.39 is 20.6 Å². The van der Waals surface area contributed by atoms with Gasteiger partial charge in [0, 0.05) is 5.75 Å². The van der Waals surface area contributed by atoms with Crippen LogP contribution in [0.15, 0.2) is 93.7 Å². The van der Waals surface area contributed by atoms with Crippen molar-refractivity contribution in [2.24, 2.45) is 0 Å². The molecule has 0 aliphatic heterocycles. The molecule has 4 nitrogen and oxygen atoms in total. The number of sulfone groups is 1. The summed E-state index contributed by atoms with van der Waals surface area (Å²) in [7, 11) is -4.10. The molecule has 0 saturated carbocycles. The van der Waals surface area contributed by atoms with Crippen LogP contribution in [0.4, 0.5) is 10.1 Å². The lowest BCUT2D eigenvalue weighted by atomic mass is 9.87. The molecule has 0 unspecified atom stereocenters. The molecule has 0 aliphatic carbocycles. The third-order valence-electron chi connectivity index (χ3n) is 4.96. The molecule has 0 spiro atoms. The maximum Gasteiger partial charge on any atom is 0.219 e. The fraction of sp³-hybridized carbons (Fsp3) is 0.192. The first kappa shape index (κ1) is 24.6. The van der Waals surface area contributed by atoms with Crippen molar-refractivity contribution < 1.29 is 12.8 Å². The van der Waals surface area contributed by atoms with Crippen molar-refractivity contribution in [2.75, 3.05) is 5.32 Å². The summed E-state index contributed by atoms with van der Waals surface area (Å²) in [6.07, 6.45) is 0. The highest BCUT2D eigenvalue weighted by atomic mass is 32.2. The zero-order valence-electron chi connectivity index (χ0n) is 18.7. The first-order chi connectivity index (χ1) is 15.6. The molecular weight excluding hydrogens is 455 g/mol. The summed E-state index contributed by atoms with van der Waals surface area (Å²) in [5.41, 5.74) is 2.25. The second kappa shape index (κ2) is 10.2. The highest BCUT2D eigenvalue weighted by Gasteiger charge is 2.26. The molecule has 0 heterocycles. The standard InChI is InChI=1S/C26H25FN2O2S2/c1-26(2,3)20-15-13-19(14-16-20)18-32-25(29-23-12-8-7-11-22(23)27)24(17-28)33(30,31)21-9-5-4-6-10-21/h4-16,29H,18H2,1-3H3/b25-24-. The molecule has 0 saturated heterocycles. The van der Waals surface area contributed by atoms with Gasteiger partial charge in [0.2, 0.25) is 9.84 Å². The Morgan fingerprint density at radius 2 is 1.58 bits per heavy atom. The van der Waals surface area contributed by atoms with Crippen molar-refractivity contribution in [3.63, 3.8) is 0 Å². The lowest BCUT2D eigenvalue weighted by molar-refractivity contribution is 0.590. The highest BCUT2D eigenvalue weighted by Crippen LogP contribution is 2.32. The molecule has 0 atom stereocenters. The molecule has 0 amide bonds. The van der Waals surface area contributed by atoms with Crippen LogP contribution in [0.5, 0.6) is 0 Å². The SMILES string of the molecule is CC(C)(C)c1ccc(CS/C(Nc2ccccc2F)=C(/C#N)S(=O)(=O)c2ccccc2)cc1. The largest absolute Gasteiger partial charge is 0.346 e. The predicted octanol–water partition coefficient (Wildman–Crippen LogP) is 6.64. The van der Waals surface area contributed by atoms with Gasteiger partial charge >= 0.3 is 0 Å². The fourth-order valence-corrected chi connectivity index (χ4v) is 5.58. The van der Waals surface area contributed by atoms with Gasteiger partial charge in [-0.15, -0.1) is 11.8 Å². The van der Waals surface area contributed by atoms with Crippen molar-refractivity contribution in [3.05, 3.63) is 106 Å². The normalized spacial score (nSPS) is 12.6. The van der Waals surface area contributed by atoms with Crippen LogP contribution in [0.3, 0.4) is 0 Å². The van der Waals surface area contributed by atoms with Gasteiger partial charge in [0.05, 0.1) is 10.6 Å². The third kappa shape index (κ3) is 6.04. The predicted molar refractivity (Wildman–Crippen MR) is 133 cm³/mol. The first-order valence-electron chi connectivity index (χ1n) is 10.3. The number of hydrogen-bond donors (Lipinski definition) is 1. The van der Waals surface area contributed by atoms with Crippen molar-refractivity contribution in [1.29, 1.82) is 5.26 Å². The molecule has 33 heavy (non-hydrogen) atoms. The summed E-state index contributed by atoms with van der Waals surface area (Å²) in [4.78, 5) is -0.447. The first-order valence-corrected chi connectivity index (χ1v) is 12.8. The van der Waals surface area contributed by atoms with Gasteiger partial charge in [-0.25, -0.2) is 12.8 Å². The van der Waals surface area contributed by atoms with E-state index >= 15 is 0 Å². The summed E-state index contributed by atoms with van der Waals surface area (Å²) >= 11 is 1.15. The number of nitrogens with one attached hydrogen (secondary N) is 1. The molecule has 7 heteroatoms. The fourth-order valence-electron chi connectivity index (χ4n) is 3.05. The Kier molecular flexibility index (Phi) is 7.62. The van der Waals surface area contributed by atoms with Gasteiger partial charge in [0.25, 0.3) is 0 Å². The molecule has 0 bridgehead atoms. The molecule has 3 rings (SSSR count). The zero-order chi connectivity index (χ0) is 24.1. The van der Waals surface area contributed by atoms with E-state index in [0.717, 1.165) is 17.3 Å². The summed E-state index contributed by atoms with van der Waals surface area (Å²) in [5.74, 6) is -0.143. The van der Waals surface area contributed by atoms with E-state index in [9.17, 15) is 18.1 Å². The molecule has 0 aliphatic rings. The Balaban J connectivity index is 2.00. The van der Waals surface area contributed by atoms with Gasteiger partial charge in [-0.2, -0.15) is 5.26 Å². The molecule has 1 N–H and O–H groups in total. The van der Waals surface area contributed by atoms with Gasteiger partial charge in [-0.05, 0) is 40.8 Å². The number of hydrogen-bond acceptors (Lipinski definition) is 5. The summed E-state index contributed by atoms with van der Waals surface area (Å²) in [6.45, 7) is 6.39. The Labute approximate surface area is 199 Å². The maximum absolute atomic E-state index is 14.3. The Morgan fingerprint density at radius 1 is 0.970 bits per heavy atom. The van der Waals surface area contributed by atoms with Crippen molar-refractivity contribution in [2.45, 2.75) is 36.8 Å². The van der Waals surface area contributed by atoms with Gasteiger partial charge in [-0.1, -0.05) is 75.4 Å². The number of nitriles is 1. The second-order valence-electron chi connectivity index (χ2n) is 8.43. The highest BCUT2D eigenvalue weighted by molar-refractivity contribution is 8.04. The minimum atomic E-state index is -4.10. The average Bonchev–Trinajstić information content (AvgIpc) is 2.79. The van der Waals surface area contributed by atoms with E-state index in [1.807, 2.05) is 30.3 Å². The van der Waals surface area contributed by atoms with Crippen molar-refractivity contribution in [3.8, 4) is 6.07 Å². The molecular formula is C26H25FN2O2S2. The molecule has 3 aromatic rings. The van der Waals surface area contributed by atoms with Crippen LogP contribution in [0.25, 0.3) is 0 Å². The summed E-state index contributed by atoms with van der Waals surface area (Å²) < 4.78 is 40.8. The monoisotopic (exact) mass is 480 g/mol. The van der Waals surface area contributed by atoms with E-state index in [1.165, 1.54) is 29.8 Å².